The van der Waals surface area contributed by atoms with E-state index < -0.39 is 5.97 Å². The van der Waals surface area contributed by atoms with Crippen LogP contribution in [0.3, 0.4) is 0 Å². The summed E-state index contributed by atoms with van der Waals surface area (Å²) in [5.41, 5.74) is 4.80. The summed E-state index contributed by atoms with van der Waals surface area (Å²) in [7, 11) is 0. The van der Waals surface area contributed by atoms with Crippen LogP contribution in [0.5, 0.6) is 0 Å². The van der Waals surface area contributed by atoms with E-state index in [0.29, 0.717) is 22.6 Å². The Morgan fingerprint density at radius 1 is 1.10 bits per heavy atom. The molecule has 0 aliphatic carbocycles. The smallest absolute Gasteiger partial charge is 0.336 e. The van der Waals surface area contributed by atoms with Gasteiger partial charge in [0.2, 0.25) is 5.89 Å². The quantitative estimate of drug-likeness (QED) is 0.767. The lowest BCUT2D eigenvalue weighted by molar-refractivity contribution is 0.0696. The van der Waals surface area contributed by atoms with Crippen molar-refractivity contribution in [2.45, 2.75) is 20.8 Å². The molecule has 0 atom stereocenters. The van der Waals surface area contributed by atoms with E-state index in [9.17, 15) is 9.90 Å². The highest BCUT2D eigenvalue weighted by molar-refractivity contribution is 5.98. The molecule has 3 rings (SSSR count). The molecule has 1 heterocycles. The van der Waals surface area contributed by atoms with Gasteiger partial charge < -0.3 is 9.52 Å². The predicted octanol–water partition coefficient (Wildman–Crippen LogP) is 4.12. The van der Waals surface area contributed by atoms with Gasteiger partial charge in [-0.05, 0) is 49.6 Å². The van der Waals surface area contributed by atoms with Gasteiger partial charge >= 0.3 is 5.97 Å². The lowest BCUT2D eigenvalue weighted by atomic mass is 9.97. The van der Waals surface area contributed by atoms with E-state index in [1.807, 2.05) is 38.1 Å². The Bertz CT molecular complexity index is 862. The minimum atomic E-state index is -0.968. The number of benzene rings is 2. The zero-order chi connectivity index (χ0) is 15.1. The topological polar surface area (TPSA) is 63.3 Å². The lowest BCUT2D eigenvalue weighted by Gasteiger charge is -2.09. The van der Waals surface area contributed by atoms with E-state index >= 15 is 0 Å². The van der Waals surface area contributed by atoms with Crippen molar-refractivity contribution < 1.29 is 14.3 Å². The van der Waals surface area contributed by atoms with Gasteiger partial charge in [0.1, 0.15) is 5.52 Å². The fourth-order valence-electron chi connectivity index (χ4n) is 2.50. The van der Waals surface area contributed by atoms with E-state index in [-0.39, 0.29) is 5.56 Å². The average Bonchev–Trinajstić information content (AvgIpc) is 2.83. The van der Waals surface area contributed by atoms with E-state index in [1.165, 1.54) is 0 Å². The highest BCUT2D eigenvalue weighted by atomic mass is 16.4. The molecule has 4 nitrogen and oxygen atoms in total. The Balaban J connectivity index is 2.32. The van der Waals surface area contributed by atoms with Crippen molar-refractivity contribution in [3.05, 3.63) is 52.6 Å². The number of aryl methyl sites for hydroxylation is 3. The Hall–Kier alpha value is -2.62. The molecular weight excluding hydrogens is 266 g/mol. The van der Waals surface area contributed by atoms with E-state index in [4.69, 9.17) is 4.42 Å². The fraction of sp³-hybridized carbons (Fsp3) is 0.176. The molecule has 0 aliphatic heterocycles. The second-order valence-corrected chi connectivity index (χ2v) is 5.24. The van der Waals surface area contributed by atoms with Crippen LogP contribution in [0.2, 0.25) is 0 Å². The number of aromatic carboxylic acids is 1. The van der Waals surface area contributed by atoms with Crippen LogP contribution < -0.4 is 0 Å². The van der Waals surface area contributed by atoms with Crippen LogP contribution in [0.25, 0.3) is 22.6 Å². The van der Waals surface area contributed by atoms with Gasteiger partial charge in [0.25, 0.3) is 0 Å². The van der Waals surface area contributed by atoms with Crippen molar-refractivity contribution in [2.75, 3.05) is 0 Å². The van der Waals surface area contributed by atoms with E-state index in [2.05, 4.69) is 4.98 Å². The molecule has 3 aromatic rings. The van der Waals surface area contributed by atoms with Crippen molar-refractivity contribution in [3.63, 3.8) is 0 Å². The molecule has 106 valence electrons. The summed E-state index contributed by atoms with van der Waals surface area (Å²) in [4.78, 5) is 16.0. The minimum Gasteiger partial charge on any atom is -0.478 e. The standard InChI is InChI=1S/C17H15NO3/c1-9-4-7-12-13(8-9)21-16(18-12)14-10(2)5-6-11(3)15(14)17(19)20/h4-8H,1-3H3,(H,19,20). The average molecular weight is 281 g/mol. The summed E-state index contributed by atoms with van der Waals surface area (Å²) >= 11 is 0. The molecule has 0 fully saturated rings. The first-order valence-electron chi connectivity index (χ1n) is 6.68. The highest BCUT2D eigenvalue weighted by Crippen LogP contribution is 2.32. The van der Waals surface area contributed by atoms with Gasteiger partial charge in [-0.25, -0.2) is 9.78 Å². The normalized spacial score (nSPS) is 11.0. The van der Waals surface area contributed by atoms with Crippen LogP contribution in [-0.4, -0.2) is 16.1 Å². The molecule has 2 aromatic carbocycles. The third-order valence-corrected chi connectivity index (χ3v) is 3.59. The molecule has 0 saturated heterocycles. The van der Waals surface area contributed by atoms with Crippen LogP contribution in [-0.2, 0) is 0 Å². The van der Waals surface area contributed by atoms with Crippen LogP contribution in [0.15, 0.2) is 34.7 Å². The number of nitrogens with zero attached hydrogens (tertiary/aromatic N) is 1. The number of carboxylic acid groups (broad SMARTS) is 1. The van der Waals surface area contributed by atoms with Gasteiger partial charge in [0.05, 0.1) is 11.1 Å². The number of hydrogen-bond acceptors (Lipinski definition) is 3. The van der Waals surface area contributed by atoms with Crippen LogP contribution in [0, 0.1) is 20.8 Å². The van der Waals surface area contributed by atoms with Crippen molar-refractivity contribution >= 4 is 17.1 Å². The molecule has 1 N–H and O–H groups in total. The maximum absolute atomic E-state index is 11.6. The van der Waals surface area contributed by atoms with E-state index in [0.717, 1.165) is 16.6 Å². The maximum Gasteiger partial charge on any atom is 0.336 e. The molecule has 0 amide bonds. The lowest BCUT2D eigenvalue weighted by Crippen LogP contribution is -2.04. The number of fused-ring (bicyclic) bond motifs is 1. The number of carbonyl (C=O) groups is 1. The summed E-state index contributed by atoms with van der Waals surface area (Å²) in [6.07, 6.45) is 0. The van der Waals surface area contributed by atoms with Crippen LogP contribution in [0.1, 0.15) is 27.0 Å². The summed E-state index contributed by atoms with van der Waals surface area (Å²) in [6, 6.07) is 9.42. The maximum atomic E-state index is 11.6. The molecular formula is C17H15NO3. The zero-order valence-electron chi connectivity index (χ0n) is 12.1. The minimum absolute atomic E-state index is 0.248. The van der Waals surface area contributed by atoms with Gasteiger partial charge in [0, 0.05) is 0 Å². The van der Waals surface area contributed by atoms with Crippen LogP contribution >= 0.6 is 0 Å². The SMILES string of the molecule is Cc1ccc2nc(-c3c(C)ccc(C)c3C(=O)O)oc2c1. The first-order chi connectivity index (χ1) is 9.97. The first-order valence-corrected chi connectivity index (χ1v) is 6.68. The second kappa shape index (κ2) is 4.74. The van der Waals surface area contributed by atoms with Crippen molar-refractivity contribution in [3.8, 4) is 11.5 Å². The molecule has 0 radical (unpaired) electrons. The Morgan fingerprint density at radius 2 is 1.81 bits per heavy atom. The largest absolute Gasteiger partial charge is 0.478 e. The highest BCUT2D eigenvalue weighted by Gasteiger charge is 2.21. The van der Waals surface area contributed by atoms with Crippen molar-refractivity contribution in [1.82, 2.24) is 4.98 Å². The molecule has 0 spiro atoms. The Kier molecular flexibility index (Phi) is 3.01. The van der Waals surface area contributed by atoms with Gasteiger partial charge in [-0.1, -0.05) is 18.2 Å². The number of aromatic nitrogens is 1. The number of oxazole rings is 1. The molecule has 0 aliphatic rings. The van der Waals surface area contributed by atoms with Gasteiger partial charge in [-0.3, -0.25) is 0 Å². The summed E-state index contributed by atoms with van der Waals surface area (Å²) < 4.78 is 5.79. The third-order valence-electron chi connectivity index (χ3n) is 3.59. The molecule has 4 heteroatoms. The Labute approximate surface area is 122 Å². The Morgan fingerprint density at radius 3 is 2.52 bits per heavy atom. The monoisotopic (exact) mass is 281 g/mol. The van der Waals surface area contributed by atoms with Crippen molar-refractivity contribution in [2.24, 2.45) is 0 Å². The van der Waals surface area contributed by atoms with Crippen LogP contribution in [0.4, 0.5) is 0 Å². The zero-order valence-corrected chi connectivity index (χ0v) is 12.1. The molecule has 21 heavy (non-hydrogen) atoms. The molecule has 0 saturated carbocycles. The van der Waals surface area contributed by atoms with Gasteiger partial charge in [-0.15, -0.1) is 0 Å². The van der Waals surface area contributed by atoms with Gasteiger partial charge in [-0.2, -0.15) is 0 Å². The third kappa shape index (κ3) is 2.18. The summed E-state index contributed by atoms with van der Waals surface area (Å²) in [5, 5.41) is 9.48. The second-order valence-electron chi connectivity index (χ2n) is 5.24. The van der Waals surface area contributed by atoms with E-state index in [1.54, 1.807) is 13.0 Å². The van der Waals surface area contributed by atoms with Crippen molar-refractivity contribution in [1.29, 1.82) is 0 Å². The molecule has 0 bridgehead atoms. The molecule has 0 unspecified atom stereocenters. The summed E-state index contributed by atoms with van der Waals surface area (Å²) in [6.45, 7) is 5.61. The predicted molar refractivity (Wildman–Crippen MR) is 80.6 cm³/mol. The number of hydrogen-bond donors (Lipinski definition) is 1. The fourth-order valence-corrected chi connectivity index (χ4v) is 2.50. The number of carboxylic acids is 1. The van der Waals surface area contributed by atoms with Gasteiger partial charge in [0.15, 0.2) is 5.58 Å². The number of rotatable bonds is 2. The first kappa shape index (κ1) is 13.4. The summed E-state index contributed by atoms with van der Waals surface area (Å²) in [5.74, 6) is -0.612. The molecule has 1 aromatic heterocycles.